The van der Waals surface area contributed by atoms with Crippen LogP contribution in [0.2, 0.25) is 5.02 Å². The molecule has 0 aliphatic heterocycles. The molecule has 4 nitrogen and oxygen atoms in total. The Kier molecular flexibility index (Phi) is 4.59. The highest BCUT2D eigenvalue weighted by molar-refractivity contribution is 9.10. The first kappa shape index (κ1) is 15.5. The Labute approximate surface area is 132 Å². The van der Waals surface area contributed by atoms with E-state index in [0.717, 1.165) is 12.1 Å². The average molecular weight is 373 g/mol. The van der Waals surface area contributed by atoms with E-state index in [9.17, 15) is 14.0 Å². The summed E-state index contributed by atoms with van der Waals surface area (Å²) >= 11 is 9.07. The molecule has 0 aliphatic carbocycles. The summed E-state index contributed by atoms with van der Waals surface area (Å²) in [5.74, 6) is -0.727. The summed E-state index contributed by atoms with van der Waals surface area (Å²) in [7, 11) is 0. The molecule has 0 aromatic heterocycles. The van der Waals surface area contributed by atoms with Gasteiger partial charge in [-0.25, -0.2) is 9.18 Å². The molecule has 0 spiro atoms. The van der Waals surface area contributed by atoms with Crippen molar-refractivity contribution in [1.82, 2.24) is 0 Å². The third-order valence-corrected chi connectivity index (χ3v) is 3.55. The molecule has 108 valence electrons. The van der Waals surface area contributed by atoms with Crippen molar-refractivity contribution in [3.05, 3.63) is 62.8 Å². The van der Waals surface area contributed by atoms with E-state index in [1.54, 1.807) is 0 Å². The Bertz CT molecular complexity index is 736. The lowest BCUT2D eigenvalue weighted by Gasteiger charge is -2.08. The van der Waals surface area contributed by atoms with Gasteiger partial charge in [-0.1, -0.05) is 11.6 Å². The summed E-state index contributed by atoms with van der Waals surface area (Å²) < 4.78 is 18.1. The highest BCUT2D eigenvalue weighted by Crippen LogP contribution is 2.28. The van der Waals surface area contributed by atoms with E-state index in [1.807, 2.05) is 0 Å². The van der Waals surface area contributed by atoms with Crippen LogP contribution < -0.4 is 10.5 Å². The van der Waals surface area contributed by atoms with E-state index in [-0.39, 0.29) is 16.3 Å². The Morgan fingerprint density at radius 3 is 2.38 bits per heavy atom. The molecule has 0 radical (unpaired) electrons. The van der Waals surface area contributed by atoms with Gasteiger partial charge in [-0.15, -0.1) is 0 Å². The molecule has 0 aliphatic rings. The summed E-state index contributed by atoms with van der Waals surface area (Å²) in [4.78, 5) is 23.0. The second-order valence-electron chi connectivity index (χ2n) is 4.02. The van der Waals surface area contributed by atoms with Gasteiger partial charge in [-0.2, -0.15) is 0 Å². The number of rotatable bonds is 3. The fourth-order valence-electron chi connectivity index (χ4n) is 1.68. The molecule has 0 saturated heterocycles. The van der Waals surface area contributed by atoms with Crippen LogP contribution in [0, 0.1) is 5.82 Å². The number of ketones is 1. The number of carbonyl (C=O) groups is 2. The lowest BCUT2D eigenvalue weighted by atomic mass is 10.0. The maximum Gasteiger partial charge on any atom is 0.409 e. The van der Waals surface area contributed by atoms with Crippen LogP contribution in [0.5, 0.6) is 5.75 Å². The van der Waals surface area contributed by atoms with Crippen molar-refractivity contribution in [1.29, 1.82) is 0 Å². The second kappa shape index (κ2) is 6.24. The number of hydrogen-bond acceptors (Lipinski definition) is 3. The summed E-state index contributed by atoms with van der Waals surface area (Å²) in [6.45, 7) is 0. The molecule has 0 atom stereocenters. The minimum Gasteiger partial charge on any atom is -0.410 e. The average Bonchev–Trinajstić information content (AvgIpc) is 2.37. The van der Waals surface area contributed by atoms with Gasteiger partial charge in [-0.05, 0) is 52.3 Å². The Morgan fingerprint density at radius 1 is 1.14 bits per heavy atom. The van der Waals surface area contributed by atoms with Crippen molar-refractivity contribution in [2.75, 3.05) is 0 Å². The van der Waals surface area contributed by atoms with Crippen molar-refractivity contribution < 1.29 is 18.7 Å². The Hall–Kier alpha value is -1.92. The number of primary amides is 1. The van der Waals surface area contributed by atoms with Crippen LogP contribution in [-0.2, 0) is 0 Å². The number of halogens is 3. The lowest BCUT2D eigenvalue weighted by molar-refractivity contribution is 0.103. The van der Waals surface area contributed by atoms with Crippen LogP contribution in [0.4, 0.5) is 9.18 Å². The van der Waals surface area contributed by atoms with Crippen LogP contribution >= 0.6 is 27.5 Å². The molecule has 0 saturated carbocycles. The third kappa shape index (κ3) is 3.59. The van der Waals surface area contributed by atoms with Crippen LogP contribution in [0.1, 0.15) is 15.9 Å². The van der Waals surface area contributed by atoms with Gasteiger partial charge in [0.1, 0.15) is 11.6 Å². The molecule has 2 aromatic rings. The molecular formula is C14H8BrClFNO3. The first-order valence-electron chi connectivity index (χ1n) is 5.65. The van der Waals surface area contributed by atoms with E-state index in [4.69, 9.17) is 22.1 Å². The van der Waals surface area contributed by atoms with Gasteiger partial charge < -0.3 is 10.5 Å². The minimum atomic E-state index is -0.956. The molecule has 0 fully saturated rings. The maximum absolute atomic E-state index is 13.0. The normalized spacial score (nSPS) is 10.2. The van der Waals surface area contributed by atoms with E-state index >= 15 is 0 Å². The summed E-state index contributed by atoms with van der Waals surface area (Å²) in [6.07, 6.45) is -0.956. The Balaban J connectivity index is 2.37. The minimum absolute atomic E-state index is 0.0179. The quantitative estimate of drug-likeness (QED) is 0.830. The fourth-order valence-corrected chi connectivity index (χ4v) is 2.47. The van der Waals surface area contributed by atoms with E-state index in [0.29, 0.717) is 10.0 Å². The largest absolute Gasteiger partial charge is 0.410 e. The maximum atomic E-state index is 13.0. The number of amides is 1. The van der Waals surface area contributed by atoms with Crippen LogP contribution in [0.15, 0.2) is 40.9 Å². The zero-order valence-electron chi connectivity index (χ0n) is 10.4. The standard InChI is InChI=1S/C14H8BrClFNO3/c15-11-6-8(21-14(18)20)2-4-9(11)13(19)10-3-1-7(17)5-12(10)16/h1-6H,(H2,18,20). The summed E-state index contributed by atoms with van der Waals surface area (Å²) in [5, 5.41) is 0.0179. The molecular weight excluding hydrogens is 365 g/mol. The van der Waals surface area contributed by atoms with Crippen molar-refractivity contribution in [2.24, 2.45) is 5.73 Å². The van der Waals surface area contributed by atoms with Crippen LogP contribution in [0.3, 0.4) is 0 Å². The van der Waals surface area contributed by atoms with Gasteiger partial charge in [0.2, 0.25) is 0 Å². The van der Waals surface area contributed by atoms with Gasteiger partial charge in [0.25, 0.3) is 0 Å². The molecule has 2 aromatic carbocycles. The van der Waals surface area contributed by atoms with Crippen molar-refractivity contribution in [2.45, 2.75) is 0 Å². The Morgan fingerprint density at radius 2 is 1.81 bits per heavy atom. The molecule has 1 amide bonds. The molecule has 0 heterocycles. The second-order valence-corrected chi connectivity index (χ2v) is 5.28. The van der Waals surface area contributed by atoms with E-state index < -0.39 is 17.7 Å². The number of nitrogens with two attached hydrogens (primary N) is 1. The number of carbonyl (C=O) groups excluding carboxylic acids is 2. The third-order valence-electron chi connectivity index (χ3n) is 2.58. The summed E-state index contributed by atoms with van der Waals surface area (Å²) in [5.41, 5.74) is 5.36. The first-order valence-corrected chi connectivity index (χ1v) is 6.82. The van der Waals surface area contributed by atoms with Gasteiger partial charge >= 0.3 is 6.09 Å². The van der Waals surface area contributed by atoms with Crippen molar-refractivity contribution in [3.63, 3.8) is 0 Å². The zero-order valence-corrected chi connectivity index (χ0v) is 12.7. The number of hydrogen-bond donors (Lipinski definition) is 1. The monoisotopic (exact) mass is 371 g/mol. The molecule has 0 bridgehead atoms. The highest BCUT2D eigenvalue weighted by Gasteiger charge is 2.17. The van der Waals surface area contributed by atoms with Gasteiger partial charge in [0, 0.05) is 15.6 Å². The predicted octanol–water partition coefficient (Wildman–Crippen LogP) is 3.93. The van der Waals surface area contributed by atoms with E-state index in [1.165, 1.54) is 24.3 Å². The zero-order chi connectivity index (χ0) is 15.6. The van der Waals surface area contributed by atoms with Gasteiger partial charge in [0.05, 0.1) is 5.02 Å². The topological polar surface area (TPSA) is 69.4 Å². The molecule has 0 unspecified atom stereocenters. The molecule has 2 N–H and O–H groups in total. The molecule has 7 heteroatoms. The van der Waals surface area contributed by atoms with Crippen molar-refractivity contribution in [3.8, 4) is 5.75 Å². The van der Waals surface area contributed by atoms with Gasteiger partial charge in [0.15, 0.2) is 5.78 Å². The lowest BCUT2D eigenvalue weighted by Crippen LogP contribution is -2.16. The summed E-state index contributed by atoms with van der Waals surface area (Å²) in [6, 6.07) is 7.81. The fraction of sp³-hybridized carbons (Fsp3) is 0. The number of benzene rings is 2. The predicted molar refractivity (Wildman–Crippen MR) is 79.2 cm³/mol. The molecule has 21 heavy (non-hydrogen) atoms. The van der Waals surface area contributed by atoms with Gasteiger partial charge in [-0.3, -0.25) is 4.79 Å². The first-order chi connectivity index (χ1) is 9.88. The SMILES string of the molecule is NC(=O)Oc1ccc(C(=O)c2ccc(F)cc2Cl)c(Br)c1. The highest BCUT2D eigenvalue weighted by atomic mass is 79.9. The van der Waals surface area contributed by atoms with Crippen molar-refractivity contribution >= 4 is 39.4 Å². The number of ether oxygens (including phenoxy) is 1. The van der Waals surface area contributed by atoms with Crippen LogP contribution in [-0.4, -0.2) is 11.9 Å². The van der Waals surface area contributed by atoms with Crippen LogP contribution in [0.25, 0.3) is 0 Å². The smallest absolute Gasteiger partial charge is 0.409 e. The van der Waals surface area contributed by atoms with E-state index in [2.05, 4.69) is 15.9 Å². The molecule has 2 rings (SSSR count).